The molecule has 1 unspecified atom stereocenters. The summed E-state index contributed by atoms with van der Waals surface area (Å²) in [6.07, 6.45) is 4.07. The molecule has 1 aliphatic rings. The van der Waals surface area contributed by atoms with Crippen molar-refractivity contribution in [1.82, 2.24) is 0 Å². The predicted molar refractivity (Wildman–Crippen MR) is 52.6 cm³/mol. The Morgan fingerprint density at radius 1 is 1.50 bits per heavy atom. The van der Waals surface area contributed by atoms with Crippen LogP contribution >= 0.6 is 0 Å². The summed E-state index contributed by atoms with van der Waals surface area (Å²) in [6.45, 7) is 3.02. The zero-order valence-electron chi connectivity index (χ0n) is 8.82. The van der Waals surface area contributed by atoms with Gasteiger partial charge >= 0.3 is 5.97 Å². The summed E-state index contributed by atoms with van der Waals surface area (Å²) >= 11 is 0. The van der Waals surface area contributed by atoms with E-state index in [9.17, 15) is 9.90 Å². The van der Waals surface area contributed by atoms with Crippen LogP contribution in [0.4, 0.5) is 0 Å². The highest BCUT2D eigenvalue weighted by molar-refractivity contribution is 5.77. The van der Waals surface area contributed by atoms with E-state index in [1.807, 2.05) is 0 Å². The second-order valence-electron chi connectivity index (χ2n) is 4.47. The number of ether oxygens (including phenoxy) is 1. The number of hydrogen-bond donors (Lipinski definition) is 2. The van der Waals surface area contributed by atoms with Gasteiger partial charge in [-0.3, -0.25) is 4.79 Å². The van der Waals surface area contributed by atoms with Crippen LogP contribution < -0.4 is 5.73 Å². The molecule has 4 nitrogen and oxygen atoms in total. The molecule has 0 bridgehead atoms. The molecule has 1 saturated carbocycles. The minimum Gasteiger partial charge on any atom is -0.461 e. The van der Waals surface area contributed by atoms with Gasteiger partial charge in [0.15, 0.2) is 0 Å². The molecule has 0 aromatic rings. The maximum absolute atomic E-state index is 11.4. The lowest BCUT2D eigenvalue weighted by atomic mass is 10.0. The second-order valence-corrected chi connectivity index (χ2v) is 4.47. The molecule has 0 aliphatic heterocycles. The first-order valence-electron chi connectivity index (χ1n) is 5.09. The van der Waals surface area contributed by atoms with Crippen molar-refractivity contribution in [2.45, 2.75) is 57.3 Å². The third-order valence-electron chi connectivity index (χ3n) is 2.60. The lowest BCUT2D eigenvalue weighted by molar-refractivity contribution is -0.155. The Hall–Kier alpha value is -0.610. The van der Waals surface area contributed by atoms with Gasteiger partial charge in [0.05, 0.1) is 5.60 Å². The molecule has 0 saturated heterocycles. The van der Waals surface area contributed by atoms with Crippen molar-refractivity contribution in [3.05, 3.63) is 0 Å². The van der Waals surface area contributed by atoms with Crippen molar-refractivity contribution in [3.8, 4) is 0 Å². The lowest BCUT2D eigenvalue weighted by Gasteiger charge is -2.25. The summed E-state index contributed by atoms with van der Waals surface area (Å²) in [5.74, 6) is -0.496. The van der Waals surface area contributed by atoms with Gasteiger partial charge in [0.1, 0.15) is 12.1 Å². The van der Waals surface area contributed by atoms with Crippen molar-refractivity contribution in [2.75, 3.05) is 0 Å². The average molecular weight is 201 g/mol. The van der Waals surface area contributed by atoms with Crippen LogP contribution in [0.2, 0.25) is 0 Å². The van der Waals surface area contributed by atoms with Gasteiger partial charge in [-0.1, -0.05) is 0 Å². The fourth-order valence-electron chi connectivity index (χ4n) is 1.53. The number of esters is 1. The molecule has 82 valence electrons. The van der Waals surface area contributed by atoms with E-state index in [4.69, 9.17) is 10.5 Å². The van der Waals surface area contributed by atoms with Crippen LogP contribution in [-0.2, 0) is 9.53 Å². The van der Waals surface area contributed by atoms with Crippen molar-refractivity contribution < 1.29 is 14.6 Å². The summed E-state index contributed by atoms with van der Waals surface area (Å²) in [4.78, 5) is 11.4. The van der Waals surface area contributed by atoms with Gasteiger partial charge in [-0.05, 0) is 39.5 Å². The number of carbonyl (C=O) groups excluding carboxylic acids is 1. The van der Waals surface area contributed by atoms with E-state index in [2.05, 4.69) is 0 Å². The maximum atomic E-state index is 11.4. The van der Waals surface area contributed by atoms with Gasteiger partial charge in [0.25, 0.3) is 0 Å². The third-order valence-corrected chi connectivity index (χ3v) is 2.60. The van der Waals surface area contributed by atoms with Gasteiger partial charge < -0.3 is 15.6 Å². The Balaban J connectivity index is 2.41. The van der Waals surface area contributed by atoms with Crippen molar-refractivity contribution in [1.29, 1.82) is 0 Å². The smallest absolute Gasteiger partial charge is 0.326 e. The molecule has 0 aromatic heterocycles. The molecule has 1 aliphatic carbocycles. The van der Waals surface area contributed by atoms with Gasteiger partial charge in [0, 0.05) is 0 Å². The third kappa shape index (κ3) is 2.96. The van der Waals surface area contributed by atoms with Crippen LogP contribution in [0.25, 0.3) is 0 Å². The predicted octanol–water partition coefficient (Wildman–Crippen LogP) is 0.570. The lowest BCUT2D eigenvalue weighted by Crippen LogP contribution is -2.50. The first-order valence-corrected chi connectivity index (χ1v) is 5.09. The standard InChI is InChI=1S/C10H19NO3/c1-10(2,13)8(11)9(12)14-7-5-3-4-6-7/h7-8,13H,3-6,11H2,1-2H3. The molecule has 4 heteroatoms. The Bertz CT molecular complexity index is 204. The van der Waals surface area contributed by atoms with E-state index in [0.29, 0.717) is 0 Å². The molecular weight excluding hydrogens is 182 g/mol. The zero-order chi connectivity index (χ0) is 10.8. The van der Waals surface area contributed by atoms with Gasteiger partial charge in [-0.25, -0.2) is 0 Å². The highest BCUT2D eigenvalue weighted by atomic mass is 16.5. The quantitative estimate of drug-likeness (QED) is 0.655. The van der Waals surface area contributed by atoms with Crippen LogP contribution in [-0.4, -0.2) is 28.8 Å². The Morgan fingerprint density at radius 3 is 2.43 bits per heavy atom. The van der Waals surface area contributed by atoms with Gasteiger partial charge in [0.2, 0.25) is 0 Å². The molecule has 0 heterocycles. The molecule has 0 radical (unpaired) electrons. The van der Waals surface area contributed by atoms with E-state index in [1.54, 1.807) is 0 Å². The topological polar surface area (TPSA) is 72.5 Å². The number of nitrogens with two attached hydrogens (primary N) is 1. The number of hydrogen-bond acceptors (Lipinski definition) is 4. The second kappa shape index (κ2) is 4.28. The number of rotatable bonds is 3. The molecule has 1 atom stereocenters. The molecular formula is C10H19NO3. The van der Waals surface area contributed by atoms with E-state index >= 15 is 0 Å². The largest absolute Gasteiger partial charge is 0.461 e. The fraction of sp³-hybridized carbons (Fsp3) is 0.900. The molecule has 0 spiro atoms. The molecule has 1 fully saturated rings. The SMILES string of the molecule is CC(C)(O)C(N)C(=O)OC1CCCC1. The minimum absolute atomic E-state index is 0.0101. The number of aliphatic hydroxyl groups is 1. The maximum Gasteiger partial charge on any atom is 0.326 e. The zero-order valence-corrected chi connectivity index (χ0v) is 8.82. The average Bonchev–Trinajstić information content (AvgIpc) is 2.53. The van der Waals surface area contributed by atoms with Crippen LogP contribution in [0.1, 0.15) is 39.5 Å². The Kier molecular flexibility index (Phi) is 3.50. The summed E-state index contributed by atoms with van der Waals surface area (Å²) < 4.78 is 5.18. The van der Waals surface area contributed by atoms with Crippen LogP contribution in [0.3, 0.4) is 0 Å². The van der Waals surface area contributed by atoms with E-state index in [1.165, 1.54) is 13.8 Å². The summed E-state index contributed by atoms with van der Waals surface area (Å²) in [6, 6.07) is -0.955. The van der Waals surface area contributed by atoms with Crippen LogP contribution in [0, 0.1) is 0 Å². The van der Waals surface area contributed by atoms with Gasteiger partial charge in [-0.2, -0.15) is 0 Å². The molecule has 14 heavy (non-hydrogen) atoms. The van der Waals surface area contributed by atoms with E-state index in [-0.39, 0.29) is 6.10 Å². The van der Waals surface area contributed by atoms with Crippen molar-refractivity contribution in [3.63, 3.8) is 0 Å². The minimum atomic E-state index is -1.21. The number of carbonyl (C=O) groups is 1. The monoisotopic (exact) mass is 201 g/mol. The molecule has 0 aromatic carbocycles. The summed E-state index contributed by atoms with van der Waals surface area (Å²) in [5, 5.41) is 9.50. The fourth-order valence-corrected chi connectivity index (χ4v) is 1.53. The van der Waals surface area contributed by atoms with Gasteiger partial charge in [-0.15, -0.1) is 0 Å². The first kappa shape index (κ1) is 11.5. The highest BCUT2D eigenvalue weighted by Gasteiger charge is 2.32. The van der Waals surface area contributed by atoms with E-state index < -0.39 is 17.6 Å². The normalized spacial score (nSPS) is 20.9. The summed E-state index contributed by atoms with van der Waals surface area (Å²) in [5.41, 5.74) is 4.34. The van der Waals surface area contributed by atoms with E-state index in [0.717, 1.165) is 25.7 Å². The van der Waals surface area contributed by atoms with Crippen molar-refractivity contribution >= 4 is 5.97 Å². The van der Waals surface area contributed by atoms with Crippen molar-refractivity contribution in [2.24, 2.45) is 5.73 Å². The first-order chi connectivity index (χ1) is 6.41. The highest BCUT2D eigenvalue weighted by Crippen LogP contribution is 2.22. The summed E-state index contributed by atoms with van der Waals surface area (Å²) in [7, 11) is 0. The van der Waals surface area contributed by atoms with Crippen LogP contribution in [0.5, 0.6) is 0 Å². The van der Waals surface area contributed by atoms with Crippen LogP contribution in [0.15, 0.2) is 0 Å². The molecule has 1 rings (SSSR count). The Morgan fingerprint density at radius 2 is 2.00 bits per heavy atom. The molecule has 0 amide bonds. The Labute approximate surface area is 84.4 Å². The molecule has 3 N–H and O–H groups in total.